The number of aromatic amines is 1. The highest BCUT2D eigenvalue weighted by Crippen LogP contribution is 2.31. The monoisotopic (exact) mass is 385 g/mol. The smallest absolute Gasteiger partial charge is 0.257 e. The molecular weight excluding hydrogens is 366 g/mol. The number of nitrogens with one attached hydrogen (secondary N) is 2. The average Bonchev–Trinajstić information content (AvgIpc) is 3.18. The molecule has 3 aromatic rings. The number of H-pyrrole nitrogens is 1. The molecule has 2 aromatic heterocycles. The van der Waals surface area contributed by atoms with Crippen LogP contribution in [0.2, 0.25) is 0 Å². The van der Waals surface area contributed by atoms with Gasteiger partial charge in [0.1, 0.15) is 0 Å². The molecule has 134 valence electrons. The Morgan fingerprint density at radius 3 is 2.81 bits per heavy atom. The Hall–Kier alpha value is -2.58. The highest BCUT2D eigenvalue weighted by atomic mass is 32.1. The molecule has 0 atom stereocenters. The van der Waals surface area contributed by atoms with Gasteiger partial charge in [0, 0.05) is 12.1 Å². The van der Waals surface area contributed by atoms with Crippen LogP contribution in [0.15, 0.2) is 36.9 Å². The minimum Gasteiger partial charge on any atom is -0.298 e. The third kappa shape index (κ3) is 3.66. The van der Waals surface area contributed by atoms with Crippen LogP contribution in [0.1, 0.15) is 28.5 Å². The van der Waals surface area contributed by atoms with Crippen molar-refractivity contribution < 1.29 is 4.79 Å². The fourth-order valence-electron chi connectivity index (χ4n) is 2.51. The van der Waals surface area contributed by atoms with Gasteiger partial charge in [-0.05, 0) is 43.3 Å². The van der Waals surface area contributed by atoms with Crippen molar-refractivity contribution in [3.05, 3.63) is 58.5 Å². The van der Waals surface area contributed by atoms with E-state index >= 15 is 0 Å². The average molecular weight is 386 g/mol. The minimum atomic E-state index is -0.182. The van der Waals surface area contributed by atoms with E-state index in [2.05, 4.69) is 34.0 Å². The van der Waals surface area contributed by atoms with E-state index in [0.29, 0.717) is 27.8 Å². The Labute approximate surface area is 160 Å². The fraction of sp³-hybridized carbons (Fsp3) is 0.222. The molecule has 0 fully saturated rings. The van der Waals surface area contributed by atoms with Gasteiger partial charge >= 0.3 is 0 Å². The number of carbonyl (C=O) groups excluding carboxylic acids is 1. The maximum atomic E-state index is 12.4. The zero-order valence-electron chi connectivity index (χ0n) is 14.6. The van der Waals surface area contributed by atoms with Gasteiger partial charge in [-0.2, -0.15) is 5.10 Å². The summed E-state index contributed by atoms with van der Waals surface area (Å²) in [5.74, 6) is 0.510. The van der Waals surface area contributed by atoms with Crippen molar-refractivity contribution in [2.75, 3.05) is 5.32 Å². The number of anilines is 1. The second-order valence-corrected chi connectivity index (χ2v) is 7.08. The lowest BCUT2D eigenvalue weighted by atomic mass is 10.1. The largest absolute Gasteiger partial charge is 0.298 e. The summed E-state index contributed by atoms with van der Waals surface area (Å²) in [5.41, 5.74) is 2.58. The first-order chi connectivity index (χ1) is 12.5. The summed E-state index contributed by atoms with van der Waals surface area (Å²) in [6, 6.07) is 7.57. The van der Waals surface area contributed by atoms with Crippen molar-refractivity contribution in [3.63, 3.8) is 0 Å². The van der Waals surface area contributed by atoms with Crippen LogP contribution in [0.25, 0.3) is 10.7 Å². The van der Waals surface area contributed by atoms with E-state index < -0.39 is 0 Å². The number of allylic oxidation sites excluding steroid dienone is 1. The zero-order chi connectivity index (χ0) is 18.7. The van der Waals surface area contributed by atoms with Gasteiger partial charge in [0.05, 0.1) is 10.6 Å². The van der Waals surface area contributed by atoms with E-state index in [0.717, 1.165) is 17.0 Å². The molecule has 1 amide bonds. The standard InChI is InChI=1S/C18H19N5OS2/c1-4-10-23-15(21-22-18(23)25)14-11(3)19-17(26-14)20-16(24)13-8-6-12(5-2)7-9-13/h4,6-9H,1,5,10H2,2-3H3,(H,22,25)(H,19,20,24). The summed E-state index contributed by atoms with van der Waals surface area (Å²) < 4.78 is 2.37. The first-order valence-electron chi connectivity index (χ1n) is 8.17. The predicted molar refractivity (Wildman–Crippen MR) is 107 cm³/mol. The fourth-order valence-corrected chi connectivity index (χ4v) is 3.67. The molecule has 0 spiro atoms. The van der Waals surface area contributed by atoms with Crippen LogP contribution in [0, 0.1) is 11.7 Å². The summed E-state index contributed by atoms with van der Waals surface area (Å²) in [6.45, 7) is 8.26. The molecule has 8 heteroatoms. The quantitative estimate of drug-likeness (QED) is 0.488. The number of aryl methyl sites for hydroxylation is 2. The summed E-state index contributed by atoms with van der Waals surface area (Å²) >= 11 is 6.62. The molecule has 2 heterocycles. The Morgan fingerprint density at radius 1 is 1.42 bits per heavy atom. The minimum absolute atomic E-state index is 0.182. The molecule has 0 aliphatic carbocycles. The molecule has 1 aromatic carbocycles. The summed E-state index contributed by atoms with van der Waals surface area (Å²) in [7, 11) is 0. The SMILES string of the molecule is C=CCn1c(-c2sc(NC(=O)c3ccc(CC)cc3)nc2C)n[nH]c1=S. The van der Waals surface area contributed by atoms with Crippen molar-refractivity contribution in [2.45, 2.75) is 26.8 Å². The Bertz CT molecular complexity index is 998. The lowest BCUT2D eigenvalue weighted by Crippen LogP contribution is -2.11. The molecule has 0 unspecified atom stereocenters. The van der Waals surface area contributed by atoms with E-state index in [1.807, 2.05) is 35.8 Å². The van der Waals surface area contributed by atoms with Gasteiger partial charge in [-0.25, -0.2) is 4.98 Å². The van der Waals surface area contributed by atoms with E-state index in [1.54, 1.807) is 6.08 Å². The van der Waals surface area contributed by atoms with Gasteiger partial charge in [0.15, 0.2) is 15.7 Å². The Balaban J connectivity index is 1.85. The van der Waals surface area contributed by atoms with Crippen LogP contribution in [0.4, 0.5) is 5.13 Å². The number of thiazole rings is 1. The summed E-state index contributed by atoms with van der Waals surface area (Å²) in [4.78, 5) is 17.8. The van der Waals surface area contributed by atoms with Crippen LogP contribution in [0.5, 0.6) is 0 Å². The Morgan fingerprint density at radius 2 is 2.15 bits per heavy atom. The van der Waals surface area contributed by atoms with E-state index in [-0.39, 0.29) is 5.91 Å². The van der Waals surface area contributed by atoms with Crippen LogP contribution in [-0.4, -0.2) is 25.7 Å². The summed E-state index contributed by atoms with van der Waals surface area (Å²) in [6.07, 6.45) is 2.70. The molecule has 0 saturated carbocycles. The molecular formula is C18H19N5OS2. The first kappa shape index (κ1) is 18.2. The molecule has 2 N–H and O–H groups in total. The molecule has 6 nitrogen and oxygen atoms in total. The summed E-state index contributed by atoms with van der Waals surface area (Å²) in [5, 5.41) is 10.5. The second-order valence-electron chi connectivity index (χ2n) is 5.69. The first-order valence-corrected chi connectivity index (χ1v) is 9.40. The topological polar surface area (TPSA) is 75.6 Å². The number of nitrogens with zero attached hydrogens (tertiary/aromatic N) is 3. The van der Waals surface area contributed by atoms with E-state index in [1.165, 1.54) is 16.9 Å². The molecule has 0 bridgehead atoms. The zero-order valence-corrected chi connectivity index (χ0v) is 16.2. The van der Waals surface area contributed by atoms with Crippen LogP contribution >= 0.6 is 23.6 Å². The van der Waals surface area contributed by atoms with Gasteiger partial charge in [0.25, 0.3) is 5.91 Å². The van der Waals surface area contributed by atoms with Crippen molar-refractivity contribution in [1.29, 1.82) is 0 Å². The number of aromatic nitrogens is 4. The van der Waals surface area contributed by atoms with Gasteiger partial charge in [-0.3, -0.25) is 19.8 Å². The Kier molecular flexibility index (Phi) is 5.43. The third-order valence-electron chi connectivity index (χ3n) is 3.91. The van der Waals surface area contributed by atoms with Crippen molar-refractivity contribution in [1.82, 2.24) is 19.7 Å². The van der Waals surface area contributed by atoms with Gasteiger partial charge in [-0.1, -0.05) is 36.5 Å². The van der Waals surface area contributed by atoms with E-state index in [4.69, 9.17) is 12.2 Å². The van der Waals surface area contributed by atoms with Crippen molar-refractivity contribution in [3.8, 4) is 10.7 Å². The normalized spacial score (nSPS) is 10.7. The van der Waals surface area contributed by atoms with Gasteiger partial charge in [-0.15, -0.1) is 6.58 Å². The highest BCUT2D eigenvalue weighted by molar-refractivity contribution is 7.71. The maximum absolute atomic E-state index is 12.4. The molecule has 26 heavy (non-hydrogen) atoms. The highest BCUT2D eigenvalue weighted by Gasteiger charge is 2.17. The number of benzene rings is 1. The molecule has 3 rings (SSSR count). The molecule has 0 aliphatic heterocycles. The molecule has 0 aliphatic rings. The maximum Gasteiger partial charge on any atom is 0.257 e. The number of hydrogen-bond donors (Lipinski definition) is 2. The van der Waals surface area contributed by atoms with Gasteiger partial charge < -0.3 is 0 Å². The molecule has 0 saturated heterocycles. The third-order valence-corrected chi connectivity index (χ3v) is 5.29. The predicted octanol–water partition coefficient (Wildman–Crippen LogP) is 4.37. The second kappa shape index (κ2) is 7.76. The number of rotatable bonds is 6. The lowest BCUT2D eigenvalue weighted by Gasteiger charge is -2.03. The van der Waals surface area contributed by atoms with Gasteiger partial charge in [0.2, 0.25) is 0 Å². The number of carbonyl (C=O) groups is 1. The van der Waals surface area contributed by atoms with Crippen LogP contribution in [0.3, 0.4) is 0 Å². The van der Waals surface area contributed by atoms with Crippen LogP contribution in [-0.2, 0) is 13.0 Å². The van der Waals surface area contributed by atoms with Crippen molar-refractivity contribution >= 4 is 34.6 Å². The van der Waals surface area contributed by atoms with E-state index in [9.17, 15) is 4.79 Å². The number of amides is 1. The lowest BCUT2D eigenvalue weighted by molar-refractivity contribution is 0.102. The molecule has 0 radical (unpaired) electrons. The van der Waals surface area contributed by atoms with Crippen LogP contribution < -0.4 is 5.32 Å². The van der Waals surface area contributed by atoms with Crippen molar-refractivity contribution in [2.24, 2.45) is 0 Å². The number of hydrogen-bond acceptors (Lipinski definition) is 5.